The topological polar surface area (TPSA) is 85.7 Å². The summed E-state index contributed by atoms with van der Waals surface area (Å²) in [7, 11) is 0. The highest BCUT2D eigenvalue weighted by Gasteiger charge is 2.27. The van der Waals surface area contributed by atoms with Gasteiger partial charge in [-0.25, -0.2) is 9.18 Å². The summed E-state index contributed by atoms with van der Waals surface area (Å²) in [4.78, 5) is 27.3. The molecule has 0 aromatic heterocycles. The van der Waals surface area contributed by atoms with Crippen LogP contribution in [0.2, 0.25) is 0 Å². The highest BCUT2D eigenvalue weighted by molar-refractivity contribution is 5.95. The molecular formula is C18H23FN4O3. The third-order valence-corrected chi connectivity index (χ3v) is 3.77. The Labute approximate surface area is 152 Å². The number of nitriles is 1. The molecule has 2 rings (SSSR count). The number of carbonyl (C=O) groups excluding carboxylic acids is 2. The smallest absolute Gasteiger partial charge is 0.410 e. The molecule has 0 unspecified atom stereocenters. The fourth-order valence-corrected chi connectivity index (χ4v) is 2.61. The molecule has 0 atom stereocenters. The summed E-state index contributed by atoms with van der Waals surface area (Å²) in [5.74, 6) is -1.13. The van der Waals surface area contributed by atoms with Crippen molar-refractivity contribution in [2.75, 3.05) is 36.4 Å². The van der Waals surface area contributed by atoms with Crippen LogP contribution >= 0.6 is 0 Å². The molecule has 1 aliphatic rings. The number of para-hydroxylation sites is 1. The molecule has 1 aromatic rings. The van der Waals surface area contributed by atoms with Crippen LogP contribution in [-0.4, -0.2) is 48.7 Å². The number of amides is 2. The SMILES string of the molecule is CC(C)(C)OC(=O)N1CCN(c2cccc(F)c2NC(=O)CC#N)CC1. The highest BCUT2D eigenvalue weighted by Crippen LogP contribution is 2.30. The number of carbonyl (C=O) groups is 2. The summed E-state index contributed by atoms with van der Waals surface area (Å²) < 4.78 is 19.5. The van der Waals surface area contributed by atoms with Crippen LogP contribution in [-0.2, 0) is 9.53 Å². The lowest BCUT2D eigenvalue weighted by atomic mass is 10.2. The first kappa shape index (κ1) is 19.5. The van der Waals surface area contributed by atoms with E-state index < -0.39 is 17.3 Å². The molecule has 0 spiro atoms. The molecule has 1 heterocycles. The van der Waals surface area contributed by atoms with Crippen molar-refractivity contribution in [3.05, 3.63) is 24.0 Å². The van der Waals surface area contributed by atoms with Gasteiger partial charge in [0.05, 0.1) is 11.8 Å². The zero-order valence-electron chi connectivity index (χ0n) is 15.2. The van der Waals surface area contributed by atoms with E-state index in [9.17, 15) is 14.0 Å². The van der Waals surface area contributed by atoms with Crippen LogP contribution in [0.1, 0.15) is 27.2 Å². The average molecular weight is 362 g/mol. The molecule has 1 aromatic carbocycles. The van der Waals surface area contributed by atoms with Gasteiger partial charge in [-0.2, -0.15) is 5.26 Å². The van der Waals surface area contributed by atoms with Gasteiger partial charge in [0.1, 0.15) is 23.5 Å². The Balaban J connectivity index is 2.07. The molecule has 0 bridgehead atoms. The lowest BCUT2D eigenvalue weighted by Crippen LogP contribution is -2.50. The molecule has 26 heavy (non-hydrogen) atoms. The maximum atomic E-state index is 14.2. The molecule has 8 heteroatoms. The van der Waals surface area contributed by atoms with Crippen LogP contribution in [0, 0.1) is 17.1 Å². The first-order valence-electron chi connectivity index (χ1n) is 8.39. The Bertz CT molecular complexity index is 716. The second-order valence-electron chi connectivity index (χ2n) is 6.97. The molecule has 0 aliphatic carbocycles. The predicted molar refractivity (Wildman–Crippen MR) is 95.3 cm³/mol. The number of anilines is 2. The van der Waals surface area contributed by atoms with E-state index in [2.05, 4.69) is 5.32 Å². The first-order valence-corrected chi connectivity index (χ1v) is 8.39. The Morgan fingerprint density at radius 3 is 2.50 bits per heavy atom. The third kappa shape index (κ3) is 5.09. The molecule has 140 valence electrons. The molecule has 1 fully saturated rings. The van der Waals surface area contributed by atoms with Crippen LogP contribution in [0.3, 0.4) is 0 Å². The summed E-state index contributed by atoms with van der Waals surface area (Å²) in [6.07, 6.45) is -0.723. The number of nitrogens with zero attached hydrogens (tertiary/aromatic N) is 3. The zero-order chi connectivity index (χ0) is 19.3. The van der Waals surface area contributed by atoms with Gasteiger partial charge in [0.25, 0.3) is 0 Å². The van der Waals surface area contributed by atoms with E-state index in [1.54, 1.807) is 23.1 Å². The summed E-state index contributed by atoms with van der Waals surface area (Å²) in [5, 5.41) is 11.1. The number of hydrogen-bond donors (Lipinski definition) is 1. The summed E-state index contributed by atoms with van der Waals surface area (Å²) in [5.41, 5.74) is 0.0215. The first-order chi connectivity index (χ1) is 12.2. The van der Waals surface area contributed by atoms with E-state index in [1.165, 1.54) is 6.07 Å². The Morgan fingerprint density at radius 2 is 1.92 bits per heavy atom. The normalized spacial score (nSPS) is 14.6. The van der Waals surface area contributed by atoms with Crippen molar-refractivity contribution in [1.29, 1.82) is 5.26 Å². The second-order valence-corrected chi connectivity index (χ2v) is 6.97. The van der Waals surface area contributed by atoms with Crippen molar-refractivity contribution < 1.29 is 18.7 Å². The fourth-order valence-electron chi connectivity index (χ4n) is 2.61. The Kier molecular flexibility index (Phi) is 6.03. The van der Waals surface area contributed by atoms with Crippen molar-refractivity contribution in [2.45, 2.75) is 32.8 Å². The number of halogens is 1. The molecule has 1 saturated heterocycles. The van der Waals surface area contributed by atoms with Crippen LogP contribution in [0.4, 0.5) is 20.6 Å². The number of ether oxygens (including phenoxy) is 1. The quantitative estimate of drug-likeness (QED) is 0.894. The van der Waals surface area contributed by atoms with E-state index in [0.29, 0.717) is 31.9 Å². The molecular weight excluding hydrogens is 339 g/mol. The van der Waals surface area contributed by atoms with Crippen LogP contribution in [0.5, 0.6) is 0 Å². The van der Waals surface area contributed by atoms with Crippen molar-refractivity contribution >= 4 is 23.4 Å². The average Bonchev–Trinajstić information content (AvgIpc) is 2.55. The van der Waals surface area contributed by atoms with E-state index in [0.717, 1.165) is 0 Å². The van der Waals surface area contributed by atoms with Crippen molar-refractivity contribution in [2.24, 2.45) is 0 Å². The zero-order valence-corrected chi connectivity index (χ0v) is 15.2. The number of nitrogens with one attached hydrogen (secondary N) is 1. The number of rotatable bonds is 3. The third-order valence-electron chi connectivity index (χ3n) is 3.77. The Morgan fingerprint density at radius 1 is 1.27 bits per heavy atom. The van der Waals surface area contributed by atoms with Gasteiger partial charge >= 0.3 is 6.09 Å². The van der Waals surface area contributed by atoms with Crippen LogP contribution in [0.15, 0.2) is 18.2 Å². The van der Waals surface area contributed by atoms with Crippen molar-refractivity contribution in [3.63, 3.8) is 0 Å². The van der Waals surface area contributed by atoms with Gasteiger partial charge in [-0.1, -0.05) is 6.07 Å². The fraction of sp³-hybridized carbons (Fsp3) is 0.500. The van der Waals surface area contributed by atoms with Crippen molar-refractivity contribution in [3.8, 4) is 6.07 Å². The number of benzene rings is 1. The van der Waals surface area contributed by atoms with Gasteiger partial charge in [0.15, 0.2) is 0 Å². The van der Waals surface area contributed by atoms with E-state index >= 15 is 0 Å². The largest absolute Gasteiger partial charge is 0.444 e. The van der Waals surface area contributed by atoms with Gasteiger partial charge in [0.2, 0.25) is 5.91 Å². The summed E-state index contributed by atoms with van der Waals surface area (Å²) in [6, 6.07) is 6.25. The standard InChI is InChI=1S/C18H23FN4O3/c1-18(2,3)26-17(25)23-11-9-22(10-12-23)14-6-4-5-13(19)16(14)21-15(24)7-8-20/h4-6H,7,9-12H2,1-3H3,(H,21,24). The highest BCUT2D eigenvalue weighted by atomic mass is 19.1. The van der Waals surface area contributed by atoms with Gasteiger partial charge < -0.3 is 19.9 Å². The maximum absolute atomic E-state index is 14.2. The number of hydrogen-bond acceptors (Lipinski definition) is 5. The van der Waals surface area contributed by atoms with E-state index in [4.69, 9.17) is 10.00 Å². The van der Waals surface area contributed by atoms with Crippen LogP contribution < -0.4 is 10.2 Å². The molecule has 1 aliphatic heterocycles. The van der Waals surface area contributed by atoms with Gasteiger partial charge in [-0.05, 0) is 32.9 Å². The summed E-state index contributed by atoms with van der Waals surface area (Å²) >= 11 is 0. The molecule has 0 saturated carbocycles. The van der Waals surface area contributed by atoms with Gasteiger partial charge in [0, 0.05) is 26.2 Å². The second kappa shape index (κ2) is 8.04. The van der Waals surface area contributed by atoms with E-state index in [1.807, 2.05) is 25.7 Å². The molecule has 7 nitrogen and oxygen atoms in total. The number of piperazine rings is 1. The minimum atomic E-state index is -0.566. The van der Waals surface area contributed by atoms with E-state index in [-0.39, 0.29) is 18.2 Å². The predicted octanol–water partition coefficient (Wildman–Crippen LogP) is 2.73. The molecule has 2 amide bonds. The molecule has 1 N–H and O–H groups in total. The van der Waals surface area contributed by atoms with Crippen molar-refractivity contribution in [1.82, 2.24) is 4.90 Å². The lowest BCUT2D eigenvalue weighted by molar-refractivity contribution is -0.115. The van der Waals surface area contributed by atoms with Gasteiger partial charge in [-0.15, -0.1) is 0 Å². The molecule has 0 radical (unpaired) electrons. The summed E-state index contributed by atoms with van der Waals surface area (Å²) in [6.45, 7) is 7.24. The van der Waals surface area contributed by atoms with Crippen LogP contribution in [0.25, 0.3) is 0 Å². The monoisotopic (exact) mass is 362 g/mol. The Hall–Kier alpha value is -2.82. The van der Waals surface area contributed by atoms with Gasteiger partial charge in [-0.3, -0.25) is 4.79 Å². The lowest BCUT2D eigenvalue weighted by Gasteiger charge is -2.37. The minimum Gasteiger partial charge on any atom is -0.444 e. The minimum absolute atomic E-state index is 0.0541. The maximum Gasteiger partial charge on any atom is 0.410 e.